The van der Waals surface area contributed by atoms with Crippen molar-refractivity contribution in [3.63, 3.8) is 0 Å². The van der Waals surface area contributed by atoms with Gasteiger partial charge >= 0.3 is 5.97 Å². The highest BCUT2D eigenvalue weighted by Gasteiger charge is 2.12. The van der Waals surface area contributed by atoms with Gasteiger partial charge in [0, 0.05) is 15.1 Å². The van der Waals surface area contributed by atoms with Gasteiger partial charge in [0.1, 0.15) is 6.42 Å². The van der Waals surface area contributed by atoms with Crippen molar-refractivity contribution >= 4 is 45.3 Å². The predicted molar refractivity (Wildman–Crippen MR) is 76.0 cm³/mol. The summed E-state index contributed by atoms with van der Waals surface area (Å²) in [6.45, 7) is 1.82. The standard InChI is InChI=1S/C12H12BrClN2O4/c1-2-20-11(18)6-10(17)15-16-12(19)7-3-8(13)5-9(14)4-7/h3-5H,2,6H2,1H3,(H,15,17)(H,16,19). The van der Waals surface area contributed by atoms with Gasteiger partial charge < -0.3 is 4.74 Å². The van der Waals surface area contributed by atoms with Crippen LogP contribution in [0, 0.1) is 0 Å². The molecule has 2 amide bonds. The number of rotatable bonds is 4. The molecule has 1 rings (SSSR count). The second-order valence-corrected chi connectivity index (χ2v) is 4.99. The second-order valence-electron chi connectivity index (χ2n) is 3.64. The zero-order valence-corrected chi connectivity index (χ0v) is 12.9. The zero-order chi connectivity index (χ0) is 15.1. The fourth-order valence-electron chi connectivity index (χ4n) is 1.27. The van der Waals surface area contributed by atoms with E-state index in [0.717, 1.165) is 0 Å². The number of hydrazine groups is 1. The van der Waals surface area contributed by atoms with Crippen molar-refractivity contribution in [1.29, 1.82) is 0 Å². The molecule has 0 atom stereocenters. The summed E-state index contributed by atoms with van der Waals surface area (Å²) in [4.78, 5) is 34.1. The number of hydrogen-bond acceptors (Lipinski definition) is 4. The lowest BCUT2D eigenvalue weighted by Gasteiger charge is -2.07. The Morgan fingerprint density at radius 1 is 1.25 bits per heavy atom. The highest BCUT2D eigenvalue weighted by molar-refractivity contribution is 9.10. The third-order valence-electron chi connectivity index (χ3n) is 2.05. The van der Waals surface area contributed by atoms with E-state index in [9.17, 15) is 14.4 Å². The van der Waals surface area contributed by atoms with E-state index in [2.05, 4.69) is 31.5 Å². The van der Waals surface area contributed by atoms with E-state index < -0.39 is 24.2 Å². The molecule has 0 radical (unpaired) electrons. The third kappa shape index (κ3) is 5.58. The molecule has 0 fully saturated rings. The Morgan fingerprint density at radius 2 is 1.95 bits per heavy atom. The molecular weight excluding hydrogens is 351 g/mol. The van der Waals surface area contributed by atoms with Gasteiger partial charge in [0.05, 0.1) is 6.61 Å². The van der Waals surface area contributed by atoms with Gasteiger partial charge in [-0.15, -0.1) is 0 Å². The Labute approximate surface area is 128 Å². The average molecular weight is 364 g/mol. The fraction of sp³-hybridized carbons (Fsp3) is 0.250. The second kappa shape index (κ2) is 7.86. The lowest BCUT2D eigenvalue weighted by atomic mass is 10.2. The summed E-state index contributed by atoms with van der Waals surface area (Å²) < 4.78 is 5.23. The molecule has 0 aromatic heterocycles. The van der Waals surface area contributed by atoms with Crippen LogP contribution in [-0.4, -0.2) is 24.4 Å². The fourth-order valence-corrected chi connectivity index (χ4v) is 2.13. The van der Waals surface area contributed by atoms with Crippen LogP contribution in [0.4, 0.5) is 0 Å². The molecule has 0 aliphatic heterocycles. The van der Waals surface area contributed by atoms with Crippen molar-refractivity contribution in [1.82, 2.24) is 10.9 Å². The smallest absolute Gasteiger partial charge is 0.315 e. The molecule has 1 aromatic rings. The maximum atomic E-state index is 11.7. The molecule has 0 heterocycles. The Balaban J connectivity index is 2.50. The van der Waals surface area contributed by atoms with Crippen molar-refractivity contribution in [3.8, 4) is 0 Å². The SMILES string of the molecule is CCOC(=O)CC(=O)NNC(=O)c1cc(Cl)cc(Br)c1. The first-order valence-corrected chi connectivity index (χ1v) is 6.80. The molecule has 1 aromatic carbocycles. The predicted octanol–water partition coefficient (Wildman–Crippen LogP) is 1.82. The molecular formula is C12H12BrClN2O4. The molecule has 0 spiro atoms. The molecule has 2 N–H and O–H groups in total. The van der Waals surface area contributed by atoms with Crippen LogP contribution in [0.1, 0.15) is 23.7 Å². The van der Waals surface area contributed by atoms with E-state index in [1.807, 2.05) is 0 Å². The maximum absolute atomic E-state index is 11.7. The van der Waals surface area contributed by atoms with Crippen LogP contribution in [0.2, 0.25) is 5.02 Å². The Morgan fingerprint density at radius 3 is 2.55 bits per heavy atom. The molecule has 8 heteroatoms. The van der Waals surface area contributed by atoms with E-state index in [4.69, 9.17) is 11.6 Å². The molecule has 0 aliphatic rings. The van der Waals surface area contributed by atoms with Crippen molar-refractivity contribution < 1.29 is 19.1 Å². The number of esters is 1. The largest absolute Gasteiger partial charge is 0.466 e. The average Bonchev–Trinajstić information content (AvgIpc) is 2.35. The minimum Gasteiger partial charge on any atom is -0.466 e. The van der Waals surface area contributed by atoms with Gasteiger partial charge in [-0.05, 0) is 25.1 Å². The summed E-state index contributed by atoms with van der Waals surface area (Å²) in [6.07, 6.45) is -0.465. The lowest BCUT2D eigenvalue weighted by molar-refractivity contribution is -0.146. The number of hydrogen-bond donors (Lipinski definition) is 2. The lowest BCUT2D eigenvalue weighted by Crippen LogP contribution is -2.42. The van der Waals surface area contributed by atoms with Gasteiger partial charge in [-0.25, -0.2) is 0 Å². The van der Waals surface area contributed by atoms with E-state index in [1.165, 1.54) is 6.07 Å². The molecule has 0 unspecified atom stereocenters. The Kier molecular flexibility index (Phi) is 6.47. The number of halogens is 2. The topological polar surface area (TPSA) is 84.5 Å². The van der Waals surface area contributed by atoms with Gasteiger partial charge in [-0.1, -0.05) is 27.5 Å². The molecule has 108 valence electrons. The summed E-state index contributed by atoms with van der Waals surface area (Å²) in [5.41, 5.74) is 4.55. The summed E-state index contributed by atoms with van der Waals surface area (Å²) in [5.74, 6) is -1.88. The van der Waals surface area contributed by atoms with Gasteiger partial charge in [0.25, 0.3) is 5.91 Å². The number of ether oxygens (including phenoxy) is 1. The first-order valence-electron chi connectivity index (χ1n) is 5.63. The van der Waals surface area contributed by atoms with Gasteiger partial charge in [-0.2, -0.15) is 0 Å². The molecule has 0 aliphatic carbocycles. The maximum Gasteiger partial charge on any atom is 0.315 e. The summed E-state index contributed by atoms with van der Waals surface area (Å²) in [6, 6.07) is 4.61. The van der Waals surface area contributed by atoms with E-state index in [1.54, 1.807) is 19.1 Å². The summed E-state index contributed by atoms with van der Waals surface area (Å²) >= 11 is 9.00. The van der Waals surface area contributed by atoms with Crippen LogP contribution >= 0.6 is 27.5 Å². The Hall–Kier alpha value is -1.60. The van der Waals surface area contributed by atoms with Crippen LogP contribution in [-0.2, 0) is 14.3 Å². The Bertz CT molecular complexity index is 516. The van der Waals surface area contributed by atoms with Crippen LogP contribution in [0.15, 0.2) is 22.7 Å². The molecule has 6 nitrogen and oxygen atoms in total. The minimum atomic E-state index is -0.669. The monoisotopic (exact) mass is 362 g/mol. The van der Waals surface area contributed by atoms with E-state index >= 15 is 0 Å². The number of carbonyl (C=O) groups is 3. The van der Waals surface area contributed by atoms with Crippen molar-refractivity contribution in [2.24, 2.45) is 0 Å². The molecule has 20 heavy (non-hydrogen) atoms. The van der Waals surface area contributed by atoms with Gasteiger partial charge in [0.15, 0.2) is 0 Å². The van der Waals surface area contributed by atoms with Gasteiger partial charge in [-0.3, -0.25) is 25.2 Å². The summed E-state index contributed by atoms with van der Waals surface area (Å²) in [7, 11) is 0. The van der Waals surface area contributed by atoms with Crippen molar-refractivity contribution in [3.05, 3.63) is 33.3 Å². The zero-order valence-electron chi connectivity index (χ0n) is 10.5. The van der Waals surface area contributed by atoms with E-state index in [0.29, 0.717) is 9.50 Å². The molecule has 0 saturated carbocycles. The minimum absolute atomic E-state index is 0.189. The summed E-state index contributed by atoms with van der Waals surface area (Å²) in [5, 5.41) is 0.377. The van der Waals surface area contributed by atoms with Crippen LogP contribution in [0.25, 0.3) is 0 Å². The van der Waals surface area contributed by atoms with Crippen LogP contribution < -0.4 is 10.9 Å². The molecule has 0 saturated heterocycles. The first kappa shape index (κ1) is 16.5. The molecule has 0 bridgehead atoms. The highest BCUT2D eigenvalue weighted by Crippen LogP contribution is 2.19. The van der Waals surface area contributed by atoms with E-state index in [-0.39, 0.29) is 12.2 Å². The quantitative estimate of drug-likeness (QED) is 0.485. The normalized spacial score (nSPS) is 9.75. The number of amides is 2. The number of nitrogens with one attached hydrogen (secondary N) is 2. The number of carbonyl (C=O) groups excluding carboxylic acids is 3. The van der Waals surface area contributed by atoms with Crippen LogP contribution in [0.3, 0.4) is 0 Å². The van der Waals surface area contributed by atoms with Crippen molar-refractivity contribution in [2.45, 2.75) is 13.3 Å². The van der Waals surface area contributed by atoms with Crippen LogP contribution in [0.5, 0.6) is 0 Å². The first-order chi connectivity index (χ1) is 9.42. The van der Waals surface area contributed by atoms with Crippen molar-refractivity contribution in [2.75, 3.05) is 6.61 Å². The number of benzene rings is 1. The third-order valence-corrected chi connectivity index (χ3v) is 2.73. The highest BCUT2D eigenvalue weighted by atomic mass is 79.9. The van der Waals surface area contributed by atoms with Gasteiger partial charge in [0.2, 0.25) is 5.91 Å².